The lowest BCUT2D eigenvalue weighted by atomic mass is 9.66. The van der Waals surface area contributed by atoms with E-state index in [1.165, 1.54) is 0 Å². The highest BCUT2D eigenvalue weighted by atomic mass is 79.9. The Morgan fingerprint density at radius 1 is 1.53 bits per heavy atom. The largest absolute Gasteiger partial charge is 0.387 e. The van der Waals surface area contributed by atoms with Crippen molar-refractivity contribution in [1.82, 2.24) is 0 Å². The fourth-order valence-corrected chi connectivity index (χ4v) is 3.86. The van der Waals surface area contributed by atoms with E-state index in [1.807, 2.05) is 25.1 Å². The van der Waals surface area contributed by atoms with Crippen LogP contribution >= 0.6 is 15.9 Å². The standard InChI is InChI=1S/C16H20BrNO/c1-11-5-6-13(14(17)8-11)15(19)16(10-18)7-3-4-12(2)9-16/h5-6,8,12,15,19H,3-4,7,9H2,1-2H3. The summed E-state index contributed by atoms with van der Waals surface area (Å²) in [5, 5.41) is 20.3. The Bertz CT molecular complexity index is 508. The molecule has 1 N–H and O–H groups in total. The van der Waals surface area contributed by atoms with Gasteiger partial charge in [-0.15, -0.1) is 0 Å². The Hall–Kier alpha value is -0.850. The molecule has 0 aliphatic heterocycles. The molecule has 102 valence electrons. The molecule has 3 unspecified atom stereocenters. The van der Waals surface area contributed by atoms with E-state index >= 15 is 0 Å². The van der Waals surface area contributed by atoms with Gasteiger partial charge in [0.2, 0.25) is 0 Å². The normalized spacial score (nSPS) is 28.7. The van der Waals surface area contributed by atoms with Crippen molar-refractivity contribution >= 4 is 15.9 Å². The molecule has 1 aromatic carbocycles. The van der Waals surface area contributed by atoms with Crippen molar-refractivity contribution in [2.24, 2.45) is 11.3 Å². The van der Waals surface area contributed by atoms with Crippen LogP contribution in [-0.2, 0) is 0 Å². The van der Waals surface area contributed by atoms with Crippen LogP contribution in [0.15, 0.2) is 22.7 Å². The van der Waals surface area contributed by atoms with E-state index in [1.54, 1.807) is 0 Å². The van der Waals surface area contributed by atoms with Crippen molar-refractivity contribution in [3.8, 4) is 6.07 Å². The third-order valence-corrected chi connectivity index (χ3v) is 4.92. The summed E-state index contributed by atoms with van der Waals surface area (Å²) in [7, 11) is 0. The van der Waals surface area contributed by atoms with Gasteiger partial charge in [0.1, 0.15) is 0 Å². The molecule has 0 radical (unpaired) electrons. The third-order valence-electron chi connectivity index (χ3n) is 4.23. The molecule has 1 saturated carbocycles. The molecular weight excluding hydrogens is 302 g/mol. The van der Waals surface area contributed by atoms with Crippen LogP contribution < -0.4 is 0 Å². The first-order valence-electron chi connectivity index (χ1n) is 6.84. The van der Waals surface area contributed by atoms with Gasteiger partial charge in [0.25, 0.3) is 0 Å². The number of aliphatic hydroxyl groups is 1. The molecule has 2 nitrogen and oxygen atoms in total. The predicted molar refractivity (Wildman–Crippen MR) is 79.5 cm³/mol. The molecule has 19 heavy (non-hydrogen) atoms. The molecule has 3 heteroatoms. The summed E-state index contributed by atoms with van der Waals surface area (Å²) < 4.78 is 0.896. The van der Waals surface area contributed by atoms with E-state index in [-0.39, 0.29) is 0 Å². The minimum Gasteiger partial charge on any atom is -0.387 e. The lowest BCUT2D eigenvalue weighted by Crippen LogP contribution is -2.33. The number of nitrogens with zero attached hydrogens (tertiary/aromatic N) is 1. The number of hydrogen-bond donors (Lipinski definition) is 1. The van der Waals surface area contributed by atoms with Crippen molar-refractivity contribution in [2.45, 2.75) is 45.6 Å². The van der Waals surface area contributed by atoms with Crippen molar-refractivity contribution < 1.29 is 5.11 Å². The number of benzene rings is 1. The van der Waals surface area contributed by atoms with Crippen molar-refractivity contribution in [2.75, 3.05) is 0 Å². The number of nitriles is 1. The topological polar surface area (TPSA) is 44.0 Å². The molecule has 1 fully saturated rings. The van der Waals surface area contributed by atoms with E-state index in [2.05, 4.69) is 28.9 Å². The van der Waals surface area contributed by atoms with E-state index in [0.717, 1.165) is 41.3 Å². The maximum Gasteiger partial charge on any atom is 0.0987 e. The number of aliphatic hydroxyl groups excluding tert-OH is 1. The molecule has 1 aromatic rings. The van der Waals surface area contributed by atoms with Gasteiger partial charge < -0.3 is 5.11 Å². The Balaban J connectivity index is 2.35. The summed E-state index contributed by atoms with van der Waals surface area (Å²) >= 11 is 3.51. The second-order valence-electron chi connectivity index (χ2n) is 5.90. The van der Waals surface area contributed by atoms with Gasteiger partial charge in [-0.25, -0.2) is 0 Å². The maximum absolute atomic E-state index is 10.7. The highest BCUT2D eigenvalue weighted by Gasteiger charge is 2.42. The smallest absolute Gasteiger partial charge is 0.0987 e. The zero-order valence-corrected chi connectivity index (χ0v) is 13.1. The minimum atomic E-state index is -0.713. The summed E-state index contributed by atoms with van der Waals surface area (Å²) in [6.45, 7) is 4.19. The van der Waals surface area contributed by atoms with Crippen molar-refractivity contribution in [3.05, 3.63) is 33.8 Å². The summed E-state index contributed by atoms with van der Waals surface area (Å²) in [5.41, 5.74) is 1.35. The second kappa shape index (κ2) is 5.64. The van der Waals surface area contributed by atoms with Gasteiger partial charge in [0.15, 0.2) is 0 Å². The molecule has 0 bridgehead atoms. The van der Waals surface area contributed by atoms with Gasteiger partial charge in [0.05, 0.1) is 17.6 Å². The Labute approximate surface area is 123 Å². The lowest BCUT2D eigenvalue weighted by molar-refractivity contribution is 0.0214. The van der Waals surface area contributed by atoms with Crippen LogP contribution in [0, 0.1) is 29.6 Å². The monoisotopic (exact) mass is 321 g/mol. The lowest BCUT2D eigenvalue weighted by Gasteiger charge is -2.38. The van der Waals surface area contributed by atoms with E-state index in [4.69, 9.17) is 0 Å². The maximum atomic E-state index is 10.7. The fraction of sp³-hybridized carbons (Fsp3) is 0.562. The first-order valence-corrected chi connectivity index (χ1v) is 7.63. The zero-order chi connectivity index (χ0) is 14.0. The van der Waals surface area contributed by atoms with Gasteiger partial charge in [0, 0.05) is 4.47 Å². The van der Waals surface area contributed by atoms with Gasteiger partial charge in [-0.1, -0.05) is 47.8 Å². The summed E-state index contributed by atoms with van der Waals surface area (Å²) in [4.78, 5) is 0. The SMILES string of the molecule is Cc1ccc(C(O)C2(C#N)CCCC(C)C2)c(Br)c1. The molecule has 0 amide bonds. The molecule has 3 atom stereocenters. The first kappa shape index (κ1) is 14.6. The number of halogens is 1. The van der Waals surface area contributed by atoms with E-state index < -0.39 is 11.5 Å². The number of aryl methyl sites for hydroxylation is 1. The molecular formula is C16H20BrNO. The van der Waals surface area contributed by atoms with E-state index in [9.17, 15) is 10.4 Å². The van der Waals surface area contributed by atoms with E-state index in [0.29, 0.717) is 5.92 Å². The summed E-state index contributed by atoms with van der Waals surface area (Å²) in [5.74, 6) is 0.507. The molecule has 0 saturated heterocycles. The molecule has 0 aromatic heterocycles. The highest BCUT2D eigenvalue weighted by Crippen LogP contribution is 2.48. The van der Waals surface area contributed by atoms with Crippen LogP contribution in [-0.4, -0.2) is 5.11 Å². The fourth-order valence-electron chi connectivity index (χ4n) is 3.15. The summed E-state index contributed by atoms with van der Waals surface area (Å²) in [6.07, 6.45) is 3.04. The van der Waals surface area contributed by atoms with Crippen LogP contribution in [0.1, 0.15) is 49.8 Å². The average molecular weight is 322 g/mol. The van der Waals surface area contributed by atoms with Gasteiger partial charge in [-0.3, -0.25) is 0 Å². The van der Waals surface area contributed by atoms with Gasteiger partial charge in [-0.2, -0.15) is 5.26 Å². The van der Waals surface area contributed by atoms with Crippen LogP contribution in [0.2, 0.25) is 0 Å². The first-order chi connectivity index (χ1) is 8.98. The molecule has 0 heterocycles. The summed E-state index contributed by atoms with van der Waals surface area (Å²) in [6, 6.07) is 8.33. The minimum absolute atomic E-state index is 0.507. The molecule has 1 aliphatic rings. The Morgan fingerprint density at radius 3 is 2.84 bits per heavy atom. The highest BCUT2D eigenvalue weighted by molar-refractivity contribution is 9.10. The van der Waals surface area contributed by atoms with Gasteiger partial charge >= 0.3 is 0 Å². The van der Waals surface area contributed by atoms with Crippen molar-refractivity contribution in [3.63, 3.8) is 0 Å². The second-order valence-corrected chi connectivity index (χ2v) is 6.75. The Morgan fingerprint density at radius 2 is 2.26 bits per heavy atom. The molecule has 0 spiro atoms. The third kappa shape index (κ3) is 2.85. The molecule has 2 rings (SSSR count). The molecule has 1 aliphatic carbocycles. The van der Waals surface area contributed by atoms with Crippen LogP contribution in [0.5, 0.6) is 0 Å². The average Bonchev–Trinajstić information content (AvgIpc) is 2.38. The van der Waals surface area contributed by atoms with Crippen LogP contribution in [0.4, 0.5) is 0 Å². The zero-order valence-electron chi connectivity index (χ0n) is 11.5. The number of rotatable bonds is 2. The predicted octanol–water partition coefficient (Wildman–Crippen LogP) is 4.51. The van der Waals surface area contributed by atoms with Crippen LogP contribution in [0.25, 0.3) is 0 Å². The van der Waals surface area contributed by atoms with Gasteiger partial charge in [-0.05, 0) is 42.9 Å². The number of hydrogen-bond acceptors (Lipinski definition) is 2. The van der Waals surface area contributed by atoms with Crippen LogP contribution in [0.3, 0.4) is 0 Å². The quantitative estimate of drug-likeness (QED) is 0.870. The Kier molecular flexibility index (Phi) is 4.32. The van der Waals surface area contributed by atoms with Crippen molar-refractivity contribution in [1.29, 1.82) is 5.26 Å².